The van der Waals surface area contributed by atoms with Crippen LogP contribution in [0.2, 0.25) is 0 Å². The molecule has 0 bridgehead atoms. The summed E-state index contributed by atoms with van der Waals surface area (Å²) >= 11 is 0. The highest BCUT2D eigenvalue weighted by atomic mass is 127. The Hall–Kier alpha value is -1.16. The molecule has 8 heteroatoms. The molecule has 2 N–H and O–H groups in total. The van der Waals surface area contributed by atoms with Crippen molar-refractivity contribution in [3.8, 4) is 0 Å². The fourth-order valence-corrected chi connectivity index (χ4v) is 3.00. The Morgan fingerprint density at radius 2 is 1.77 bits per heavy atom. The lowest BCUT2D eigenvalue weighted by atomic mass is 10.0. The van der Waals surface area contributed by atoms with E-state index in [1.54, 1.807) is 12.4 Å². The summed E-state index contributed by atoms with van der Waals surface area (Å²) in [7, 11) is 1.83. The van der Waals surface area contributed by atoms with E-state index in [0.29, 0.717) is 5.92 Å². The van der Waals surface area contributed by atoms with Crippen LogP contribution in [0.5, 0.6) is 0 Å². The van der Waals surface area contributed by atoms with Crippen molar-refractivity contribution in [3.63, 3.8) is 0 Å². The number of rotatable bonds is 8. The van der Waals surface area contributed by atoms with Crippen molar-refractivity contribution >= 4 is 35.9 Å². The molecule has 148 valence electrons. The van der Waals surface area contributed by atoms with Gasteiger partial charge in [0, 0.05) is 65.3 Å². The molecule has 26 heavy (non-hydrogen) atoms. The first-order valence-electron chi connectivity index (χ1n) is 9.45. The Morgan fingerprint density at radius 1 is 1.12 bits per heavy atom. The molecule has 0 aliphatic carbocycles. The Bertz CT molecular complexity index is 500. The highest BCUT2D eigenvalue weighted by Gasteiger charge is 2.18. The van der Waals surface area contributed by atoms with E-state index < -0.39 is 0 Å². The maximum absolute atomic E-state index is 4.33. The molecule has 1 fully saturated rings. The van der Waals surface area contributed by atoms with Crippen molar-refractivity contribution < 1.29 is 0 Å². The van der Waals surface area contributed by atoms with E-state index in [-0.39, 0.29) is 24.0 Å². The molecule has 7 nitrogen and oxygen atoms in total. The van der Waals surface area contributed by atoms with Crippen LogP contribution in [0, 0.1) is 5.92 Å². The number of nitrogens with zero attached hydrogens (tertiary/aromatic N) is 5. The molecule has 0 aromatic carbocycles. The Labute approximate surface area is 175 Å². The summed E-state index contributed by atoms with van der Waals surface area (Å²) in [6.45, 7) is 11.4. The number of piperazine rings is 1. The van der Waals surface area contributed by atoms with Gasteiger partial charge in [-0.05, 0) is 12.0 Å². The quantitative estimate of drug-likeness (QED) is 0.340. The summed E-state index contributed by atoms with van der Waals surface area (Å²) in [5.74, 6) is 2.46. The van der Waals surface area contributed by atoms with Gasteiger partial charge in [0.25, 0.3) is 0 Å². The number of aliphatic imine (C=N–C) groups is 1. The average Bonchev–Trinajstić information content (AvgIpc) is 2.68. The van der Waals surface area contributed by atoms with Crippen LogP contribution in [0.15, 0.2) is 23.5 Å². The first-order chi connectivity index (χ1) is 12.3. The van der Waals surface area contributed by atoms with Gasteiger partial charge in [0.1, 0.15) is 0 Å². The second kappa shape index (κ2) is 13.1. The van der Waals surface area contributed by atoms with Gasteiger partial charge in [-0.1, -0.05) is 26.7 Å². The molecule has 1 aliphatic rings. The minimum Gasteiger partial charge on any atom is -0.356 e. The summed E-state index contributed by atoms with van der Waals surface area (Å²) in [6.07, 6.45) is 6.02. The molecule has 0 saturated carbocycles. The normalized spacial score (nSPS) is 15.7. The van der Waals surface area contributed by atoms with E-state index >= 15 is 0 Å². The summed E-state index contributed by atoms with van der Waals surface area (Å²) in [4.78, 5) is 17.7. The van der Waals surface area contributed by atoms with Crippen molar-refractivity contribution in [2.24, 2.45) is 10.9 Å². The first kappa shape index (κ1) is 22.9. The lowest BCUT2D eigenvalue weighted by Gasteiger charge is -2.34. The Balaban J connectivity index is 0.00000338. The second-order valence-electron chi connectivity index (χ2n) is 6.44. The monoisotopic (exact) mass is 475 g/mol. The van der Waals surface area contributed by atoms with E-state index in [9.17, 15) is 0 Å². The molecule has 0 radical (unpaired) electrons. The van der Waals surface area contributed by atoms with Gasteiger partial charge < -0.3 is 15.5 Å². The van der Waals surface area contributed by atoms with Crippen molar-refractivity contribution in [1.29, 1.82) is 0 Å². The predicted octanol–water partition coefficient (Wildman–Crippen LogP) is 1.82. The zero-order valence-corrected chi connectivity index (χ0v) is 18.6. The van der Waals surface area contributed by atoms with E-state index in [1.165, 1.54) is 12.8 Å². The van der Waals surface area contributed by atoms with Gasteiger partial charge in [-0.3, -0.25) is 9.89 Å². The minimum atomic E-state index is 0. The number of nitrogens with one attached hydrogen (secondary N) is 2. The number of hydrogen-bond donors (Lipinski definition) is 2. The summed E-state index contributed by atoms with van der Waals surface area (Å²) in [5, 5.41) is 6.86. The smallest absolute Gasteiger partial charge is 0.225 e. The number of halogens is 1. The molecule has 1 aromatic heterocycles. The van der Waals surface area contributed by atoms with Gasteiger partial charge in [-0.15, -0.1) is 24.0 Å². The zero-order chi connectivity index (χ0) is 17.9. The topological polar surface area (TPSA) is 68.7 Å². The third kappa shape index (κ3) is 7.61. The summed E-state index contributed by atoms with van der Waals surface area (Å²) < 4.78 is 0. The van der Waals surface area contributed by atoms with Gasteiger partial charge in [-0.2, -0.15) is 0 Å². The molecule has 2 rings (SSSR count). The van der Waals surface area contributed by atoms with Gasteiger partial charge in [-0.25, -0.2) is 9.97 Å². The fourth-order valence-electron chi connectivity index (χ4n) is 3.00. The standard InChI is InChI=1S/C18H33N7.HI/c1-4-16(5-2)15-23-17(19-3)20-9-10-24-11-13-25(14-12-24)18-21-7-6-8-22-18;/h6-8,16H,4-5,9-15H2,1-3H3,(H2,19,20,23);1H. The van der Waals surface area contributed by atoms with Crippen LogP contribution >= 0.6 is 24.0 Å². The Morgan fingerprint density at radius 3 is 2.35 bits per heavy atom. The lowest BCUT2D eigenvalue weighted by molar-refractivity contribution is 0.260. The maximum Gasteiger partial charge on any atom is 0.225 e. The summed E-state index contributed by atoms with van der Waals surface area (Å²) in [6, 6.07) is 1.86. The second-order valence-corrected chi connectivity index (χ2v) is 6.44. The SMILES string of the molecule is CCC(CC)CNC(=NC)NCCN1CCN(c2ncccn2)CC1.I. The third-order valence-corrected chi connectivity index (χ3v) is 4.86. The third-order valence-electron chi connectivity index (χ3n) is 4.86. The number of guanidine groups is 1. The molecule has 1 aliphatic heterocycles. The minimum absolute atomic E-state index is 0. The van der Waals surface area contributed by atoms with E-state index in [1.807, 2.05) is 13.1 Å². The van der Waals surface area contributed by atoms with Gasteiger partial charge in [0.05, 0.1) is 0 Å². The molecule has 1 saturated heterocycles. The number of aromatic nitrogens is 2. The summed E-state index contributed by atoms with van der Waals surface area (Å²) in [5.41, 5.74) is 0. The molecular formula is C18H34IN7. The first-order valence-corrected chi connectivity index (χ1v) is 9.45. The molecule has 2 heterocycles. The van der Waals surface area contributed by atoms with Crippen LogP contribution in [0.4, 0.5) is 5.95 Å². The van der Waals surface area contributed by atoms with Crippen molar-refractivity contribution in [2.45, 2.75) is 26.7 Å². The van der Waals surface area contributed by atoms with Crippen molar-refractivity contribution in [1.82, 2.24) is 25.5 Å². The number of anilines is 1. The van der Waals surface area contributed by atoms with E-state index in [0.717, 1.165) is 57.7 Å². The van der Waals surface area contributed by atoms with Crippen LogP contribution in [-0.2, 0) is 0 Å². The van der Waals surface area contributed by atoms with E-state index in [4.69, 9.17) is 0 Å². The van der Waals surface area contributed by atoms with Crippen LogP contribution in [-0.4, -0.2) is 73.7 Å². The van der Waals surface area contributed by atoms with Crippen LogP contribution in [0.25, 0.3) is 0 Å². The zero-order valence-electron chi connectivity index (χ0n) is 16.3. The van der Waals surface area contributed by atoms with Crippen LogP contribution in [0.1, 0.15) is 26.7 Å². The largest absolute Gasteiger partial charge is 0.356 e. The molecule has 1 aromatic rings. The Kier molecular flexibility index (Phi) is 11.5. The van der Waals surface area contributed by atoms with Crippen molar-refractivity contribution in [2.75, 3.05) is 57.8 Å². The van der Waals surface area contributed by atoms with Gasteiger partial charge >= 0.3 is 0 Å². The predicted molar refractivity (Wildman–Crippen MR) is 120 cm³/mol. The molecule has 0 atom stereocenters. The molecule has 0 amide bonds. The van der Waals surface area contributed by atoms with Gasteiger partial charge in [0.15, 0.2) is 5.96 Å². The average molecular weight is 475 g/mol. The highest BCUT2D eigenvalue weighted by Crippen LogP contribution is 2.09. The van der Waals surface area contributed by atoms with E-state index in [2.05, 4.69) is 49.2 Å². The van der Waals surface area contributed by atoms with Crippen molar-refractivity contribution in [3.05, 3.63) is 18.5 Å². The molecular weight excluding hydrogens is 441 g/mol. The number of hydrogen-bond acceptors (Lipinski definition) is 5. The molecule has 0 unspecified atom stereocenters. The van der Waals surface area contributed by atoms with Crippen LogP contribution in [0.3, 0.4) is 0 Å². The maximum atomic E-state index is 4.33. The van der Waals surface area contributed by atoms with Crippen LogP contribution < -0.4 is 15.5 Å². The lowest BCUT2D eigenvalue weighted by Crippen LogP contribution is -2.50. The van der Waals surface area contributed by atoms with Gasteiger partial charge in [0.2, 0.25) is 5.95 Å². The molecule has 0 spiro atoms. The highest BCUT2D eigenvalue weighted by molar-refractivity contribution is 14.0. The fraction of sp³-hybridized carbons (Fsp3) is 0.722.